The zero-order valence-electron chi connectivity index (χ0n) is 14.3. The molecule has 0 aliphatic carbocycles. The van der Waals surface area contributed by atoms with E-state index in [9.17, 15) is 9.18 Å². The molecule has 2 heterocycles. The van der Waals surface area contributed by atoms with Crippen LogP contribution in [0.3, 0.4) is 0 Å². The Kier molecular flexibility index (Phi) is 5.18. The minimum Gasteiger partial charge on any atom is -0.359 e. The van der Waals surface area contributed by atoms with E-state index >= 15 is 0 Å². The molecule has 0 atom stereocenters. The Morgan fingerprint density at radius 2 is 2.12 bits per heavy atom. The van der Waals surface area contributed by atoms with Gasteiger partial charge in [-0.3, -0.25) is 9.78 Å². The lowest BCUT2D eigenvalue weighted by Gasteiger charge is -2.07. The third-order valence-electron chi connectivity index (χ3n) is 3.74. The highest BCUT2D eigenvalue weighted by Crippen LogP contribution is 2.26. The first-order valence-electron chi connectivity index (χ1n) is 7.91. The molecule has 0 saturated carbocycles. The van der Waals surface area contributed by atoms with E-state index in [1.54, 1.807) is 42.2 Å². The van der Waals surface area contributed by atoms with Gasteiger partial charge >= 0.3 is 0 Å². The smallest absolute Gasteiger partial charge is 0.225 e. The van der Waals surface area contributed by atoms with Gasteiger partial charge in [-0.25, -0.2) is 9.07 Å². The number of aryl methyl sites for hydroxylation is 1. The van der Waals surface area contributed by atoms with Crippen LogP contribution in [0.1, 0.15) is 11.4 Å². The Hall–Kier alpha value is -2.93. The Balaban J connectivity index is 2.00. The molecule has 3 rings (SSSR count). The standard InChI is InChI=1S/C18H17ClFN5O/c1-11-8-12(6-7-22-11)25-13(10-17(26)21-2)9-16(24-25)23-15-5-3-4-14(19)18(15)20/h3-9H,10H2,1-2H3,(H,21,26)(H,23,24). The highest BCUT2D eigenvalue weighted by molar-refractivity contribution is 6.31. The first-order valence-corrected chi connectivity index (χ1v) is 8.29. The van der Waals surface area contributed by atoms with Crippen LogP contribution in [0.5, 0.6) is 0 Å². The molecule has 8 heteroatoms. The minimum absolute atomic E-state index is 0.0183. The second-order valence-corrected chi connectivity index (χ2v) is 6.07. The Morgan fingerprint density at radius 3 is 2.85 bits per heavy atom. The van der Waals surface area contributed by atoms with Crippen molar-refractivity contribution in [3.05, 3.63) is 64.8 Å². The number of halogens is 2. The minimum atomic E-state index is -0.559. The van der Waals surface area contributed by atoms with Crippen LogP contribution in [-0.4, -0.2) is 27.7 Å². The van der Waals surface area contributed by atoms with E-state index in [1.807, 2.05) is 13.0 Å². The second kappa shape index (κ2) is 7.53. The first kappa shape index (κ1) is 17.9. The van der Waals surface area contributed by atoms with Crippen LogP contribution in [0.2, 0.25) is 5.02 Å². The van der Waals surface area contributed by atoms with Crippen molar-refractivity contribution >= 4 is 29.0 Å². The van der Waals surface area contributed by atoms with Gasteiger partial charge in [-0.2, -0.15) is 0 Å². The number of amides is 1. The molecule has 3 aromatic rings. The number of carbonyl (C=O) groups excluding carboxylic acids is 1. The third-order valence-corrected chi connectivity index (χ3v) is 4.03. The summed E-state index contributed by atoms with van der Waals surface area (Å²) >= 11 is 5.82. The lowest BCUT2D eigenvalue weighted by molar-refractivity contribution is -0.120. The maximum Gasteiger partial charge on any atom is 0.225 e. The van der Waals surface area contributed by atoms with Crippen LogP contribution in [0.4, 0.5) is 15.9 Å². The van der Waals surface area contributed by atoms with Crippen molar-refractivity contribution < 1.29 is 9.18 Å². The molecule has 0 aliphatic heterocycles. The van der Waals surface area contributed by atoms with Gasteiger partial charge in [-0.05, 0) is 31.2 Å². The number of carbonyl (C=O) groups is 1. The lowest BCUT2D eigenvalue weighted by Crippen LogP contribution is -2.21. The molecular weight excluding hydrogens is 357 g/mol. The lowest BCUT2D eigenvalue weighted by atomic mass is 10.2. The van der Waals surface area contributed by atoms with Crippen molar-refractivity contribution in [2.75, 3.05) is 12.4 Å². The van der Waals surface area contributed by atoms with E-state index < -0.39 is 5.82 Å². The number of anilines is 2. The van der Waals surface area contributed by atoms with E-state index in [2.05, 4.69) is 20.7 Å². The highest BCUT2D eigenvalue weighted by Gasteiger charge is 2.15. The Bertz CT molecular complexity index is 957. The number of likely N-dealkylation sites (N-methyl/N-ethyl adjacent to an activating group) is 1. The fourth-order valence-electron chi connectivity index (χ4n) is 2.48. The first-order chi connectivity index (χ1) is 12.5. The molecule has 2 aromatic heterocycles. The zero-order valence-corrected chi connectivity index (χ0v) is 15.0. The SMILES string of the molecule is CNC(=O)Cc1cc(Nc2cccc(Cl)c2F)nn1-c1ccnc(C)c1. The highest BCUT2D eigenvalue weighted by atomic mass is 35.5. The van der Waals surface area contributed by atoms with Crippen molar-refractivity contribution in [2.45, 2.75) is 13.3 Å². The average Bonchev–Trinajstić information content (AvgIpc) is 3.01. The molecule has 1 aromatic carbocycles. The third kappa shape index (κ3) is 3.83. The summed E-state index contributed by atoms with van der Waals surface area (Å²) in [6.07, 6.45) is 1.80. The average molecular weight is 374 g/mol. The molecule has 0 radical (unpaired) electrons. The summed E-state index contributed by atoms with van der Waals surface area (Å²) in [5, 5.41) is 9.98. The van der Waals surface area contributed by atoms with Crippen LogP contribution in [-0.2, 0) is 11.2 Å². The fourth-order valence-corrected chi connectivity index (χ4v) is 2.66. The Labute approximate surface area is 155 Å². The van der Waals surface area contributed by atoms with Crippen LogP contribution in [0.25, 0.3) is 5.69 Å². The molecule has 0 unspecified atom stereocenters. The van der Waals surface area contributed by atoms with Gasteiger partial charge in [-0.15, -0.1) is 5.10 Å². The molecule has 2 N–H and O–H groups in total. The van der Waals surface area contributed by atoms with Crippen LogP contribution in [0, 0.1) is 12.7 Å². The van der Waals surface area contributed by atoms with Gasteiger partial charge in [0.1, 0.15) is 0 Å². The van der Waals surface area contributed by atoms with Gasteiger partial charge in [0, 0.05) is 25.0 Å². The molecule has 26 heavy (non-hydrogen) atoms. The molecule has 0 fully saturated rings. The number of benzene rings is 1. The van der Waals surface area contributed by atoms with Crippen molar-refractivity contribution in [1.29, 1.82) is 0 Å². The zero-order chi connectivity index (χ0) is 18.7. The normalized spacial score (nSPS) is 10.6. The molecule has 1 amide bonds. The largest absolute Gasteiger partial charge is 0.359 e. The van der Waals surface area contributed by atoms with Crippen molar-refractivity contribution in [3.63, 3.8) is 0 Å². The van der Waals surface area contributed by atoms with E-state index in [4.69, 9.17) is 11.6 Å². The maximum atomic E-state index is 14.1. The number of hydrogen-bond donors (Lipinski definition) is 2. The van der Waals surface area contributed by atoms with E-state index in [0.717, 1.165) is 11.4 Å². The number of aromatic nitrogens is 3. The fraction of sp³-hybridized carbons (Fsp3) is 0.167. The summed E-state index contributed by atoms with van der Waals surface area (Å²) in [5.41, 5.74) is 2.44. The number of pyridine rings is 1. The number of nitrogens with one attached hydrogen (secondary N) is 2. The molecular formula is C18H17ClFN5O. The van der Waals surface area contributed by atoms with Crippen LogP contribution >= 0.6 is 11.6 Å². The molecule has 0 bridgehead atoms. The Morgan fingerprint density at radius 1 is 1.31 bits per heavy atom. The molecule has 134 valence electrons. The van der Waals surface area contributed by atoms with Gasteiger partial charge < -0.3 is 10.6 Å². The molecule has 0 aliphatic rings. The van der Waals surface area contributed by atoms with Gasteiger partial charge in [0.15, 0.2) is 11.6 Å². The van der Waals surface area contributed by atoms with Gasteiger partial charge in [-0.1, -0.05) is 17.7 Å². The summed E-state index contributed by atoms with van der Waals surface area (Å²) < 4.78 is 15.8. The number of rotatable bonds is 5. The van der Waals surface area contributed by atoms with E-state index in [1.165, 1.54) is 6.07 Å². The monoisotopic (exact) mass is 373 g/mol. The summed E-state index contributed by atoms with van der Waals surface area (Å²) in [6.45, 7) is 1.87. The van der Waals surface area contributed by atoms with E-state index in [-0.39, 0.29) is 23.0 Å². The quantitative estimate of drug-likeness (QED) is 0.719. The number of nitrogens with zero attached hydrogens (tertiary/aromatic N) is 3. The van der Waals surface area contributed by atoms with Crippen LogP contribution in [0.15, 0.2) is 42.6 Å². The summed E-state index contributed by atoms with van der Waals surface area (Å²) in [5.74, 6) is -0.312. The van der Waals surface area contributed by atoms with Crippen molar-refractivity contribution in [3.8, 4) is 5.69 Å². The summed E-state index contributed by atoms with van der Waals surface area (Å²) in [7, 11) is 1.57. The topological polar surface area (TPSA) is 71.8 Å². The molecule has 6 nitrogen and oxygen atoms in total. The summed E-state index contributed by atoms with van der Waals surface area (Å²) in [6, 6.07) is 10.0. The summed E-state index contributed by atoms with van der Waals surface area (Å²) in [4.78, 5) is 16.0. The number of hydrogen-bond acceptors (Lipinski definition) is 4. The predicted molar refractivity (Wildman–Crippen MR) is 98.6 cm³/mol. The van der Waals surface area contributed by atoms with Gasteiger partial charge in [0.05, 0.1) is 28.5 Å². The van der Waals surface area contributed by atoms with Crippen LogP contribution < -0.4 is 10.6 Å². The maximum absolute atomic E-state index is 14.1. The second-order valence-electron chi connectivity index (χ2n) is 5.66. The van der Waals surface area contributed by atoms with Crippen molar-refractivity contribution in [2.24, 2.45) is 0 Å². The van der Waals surface area contributed by atoms with E-state index in [0.29, 0.717) is 11.5 Å². The van der Waals surface area contributed by atoms with Gasteiger partial charge in [0.2, 0.25) is 5.91 Å². The molecule has 0 spiro atoms. The molecule has 0 saturated heterocycles. The van der Waals surface area contributed by atoms with Crippen molar-refractivity contribution in [1.82, 2.24) is 20.1 Å². The van der Waals surface area contributed by atoms with Gasteiger partial charge in [0.25, 0.3) is 0 Å². The predicted octanol–water partition coefficient (Wildman–Crippen LogP) is 3.40.